The van der Waals surface area contributed by atoms with Crippen molar-refractivity contribution in [2.75, 3.05) is 6.61 Å². The van der Waals surface area contributed by atoms with Gasteiger partial charge in [-0.25, -0.2) is 0 Å². The molecule has 3 aliphatic heterocycles. The molecule has 12 N–H and O–H groups in total. The van der Waals surface area contributed by atoms with Gasteiger partial charge in [-0.1, -0.05) is 12.1 Å². The van der Waals surface area contributed by atoms with Crippen LogP contribution in [0.5, 0.6) is 46.0 Å². The van der Waals surface area contributed by atoms with Gasteiger partial charge in [0, 0.05) is 29.8 Å². The Morgan fingerprint density at radius 2 is 1.27 bits per heavy atom. The molecule has 9 atom stereocenters. The Morgan fingerprint density at radius 3 is 1.92 bits per heavy atom. The molecule has 4 aromatic rings. The minimum absolute atomic E-state index is 0.0118. The number of aliphatic hydroxyl groups is 6. The SMILES string of the molecule is OC[C@H]1O[C@@H](OC2=Cc3c(O)cc(O)c(C4c5c(O)cc(O)cc5O[C@H](c5ccc(O)cc5)[C@H]4O)c3[OH+]C2c2ccc(O)cc2)[C@H](O)[C@@H](O)[C@@H]1O. The van der Waals surface area contributed by atoms with Gasteiger partial charge in [-0.3, -0.25) is 0 Å². The number of hydrogen-bond donors (Lipinski definition) is 11. The molecule has 1 saturated heterocycles. The normalized spacial score (nSPS) is 28.4. The number of ether oxygens (including phenoxy) is 4. The third-order valence-electron chi connectivity index (χ3n) is 9.31. The average Bonchev–Trinajstić information content (AvgIpc) is 3.10. The van der Waals surface area contributed by atoms with Crippen LogP contribution in [0.25, 0.3) is 6.08 Å². The minimum Gasteiger partial charge on any atom is -0.571 e. The zero-order valence-corrected chi connectivity index (χ0v) is 26.4. The number of aromatic hydroxyl groups is 7. The molecule has 0 bridgehead atoms. The van der Waals surface area contributed by atoms with Gasteiger partial charge in [-0.2, -0.15) is 0 Å². The second-order valence-corrected chi connectivity index (χ2v) is 12.6. The molecule has 0 spiro atoms. The molecule has 15 heteroatoms. The number of fused-ring (bicyclic) bond motifs is 2. The Labute approximate surface area is 288 Å². The van der Waals surface area contributed by atoms with Gasteiger partial charge in [0.2, 0.25) is 6.29 Å². The van der Waals surface area contributed by atoms with Gasteiger partial charge in [0.15, 0.2) is 11.9 Å². The van der Waals surface area contributed by atoms with Crippen molar-refractivity contribution in [1.82, 2.24) is 0 Å². The van der Waals surface area contributed by atoms with E-state index in [0.29, 0.717) is 11.1 Å². The first kappa shape index (κ1) is 34.0. The first-order chi connectivity index (χ1) is 24.4. The molecule has 2 unspecified atom stereocenters. The lowest BCUT2D eigenvalue weighted by Crippen LogP contribution is -2.59. The van der Waals surface area contributed by atoms with Crippen LogP contribution >= 0.6 is 0 Å². The monoisotopic (exact) mass is 707 g/mol. The zero-order chi connectivity index (χ0) is 36.3. The Morgan fingerprint density at radius 1 is 0.647 bits per heavy atom. The molecule has 3 heterocycles. The highest BCUT2D eigenvalue weighted by Gasteiger charge is 2.49. The first-order valence-electron chi connectivity index (χ1n) is 15.8. The summed E-state index contributed by atoms with van der Waals surface area (Å²) < 4.78 is 22.5. The van der Waals surface area contributed by atoms with Crippen molar-refractivity contribution in [3.63, 3.8) is 0 Å². The van der Waals surface area contributed by atoms with Crippen LogP contribution < -0.4 is 4.74 Å². The van der Waals surface area contributed by atoms with Gasteiger partial charge in [0.25, 0.3) is 11.9 Å². The summed E-state index contributed by atoms with van der Waals surface area (Å²) >= 11 is 0. The van der Waals surface area contributed by atoms with E-state index >= 15 is 0 Å². The number of phenols is 6. The smallest absolute Gasteiger partial charge is 0.274 e. The molecule has 0 radical (unpaired) electrons. The molecule has 15 nitrogen and oxygen atoms in total. The van der Waals surface area contributed by atoms with E-state index in [4.69, 9.17) is 18.9 Å². The number of hydrogen-bond acceptors (Lipinski definition) is 14. The van der Waals surface area contributed by atoms with E-state index in [0.717, 1.165) is 12.1 Å². The largest absolute Gasteiger partial charge is 0.571 e. The van der Waals surface area contributed by atoms with Gasteiger partial charge in [0.05, 0.1) is 18.1 Å². The van der Waals surface area contributed by atoms with Crippen LogP contribution in [0.4, 0.5) is 0 Å². The number of benzene rings is 4. The van der Waals surface area contributed by atoms with Gasteiger partial charge in [0.1, 0.15) is 81.9 Å². The first-order valence-corrected chi connectivity index (χ1v) is 15.8. The lowest BCUT2D eigenvalue weighted by atomic mass is 9.78. The highest BCUT2D eigenvalue weighted by atomic mass is 16.7. The van der Waals surface area contributed by atoms with Crippen molar-refractivity contribution in [3.8, 4) is 46.0 Å². The molecule has 0 amide bonds. The van der Waals surface area contributed by atoms with E-state index in [1.165, 1.54) is 60.7 Å². The van der Waals surface area contributed by atoms with Gasteiger partial charge >= 0.3 is 0 Å². The number of aliphatic hydroxyl groups excluding tert-OH is 5. The molecule has 7 rings (SSSR count). The molecule has 268 valence electrons. The van der Waals surface area contributed by atoms with Crippen LogP contribution in [0.2, 0.25) is 0 Å². The fourth-order valence-corrected chi connectivity index (χ4v) is 6.77. The van der Waals surface area contributed by atoms with Crippen LogP contribution in [0.15, 0.2) is 72.5 Å². The van der Waals surface area contributed by atoms with E-state index in [1.54, 1.807) is 0 Å². The van der Waals surface area contributed by atoms with Gasteiger partial charge in [-0.15, -0.1) is 0 Å². The highest BCUT2D eigenvalue weighted by Crippen LogP contribution is 2.58. The summed E-state index contributed by atoms with van der Waals surface area (Å²) in [7, 11) is 0. The van der Waals surface area contributed by atoms with Gasteiger partial charge in [-0.05, 0) is 42.0 Å². The maximum Gasteiger partial charge on any atom is 0.274 e. The standard InChI is InChI=1S/C36H34O15/c37-13-25-29(44)31(46)32(47)36(50-25)49-24-11-19-20(41)12-22(43)27(35(19)51-33(24)14-1-5-16(38)6-2-14)28-26-21(42)9-18(40)10-23(26)48-34(30(28)45)15-3-7-17(39)8-4-15/h1-12,25,28-34,36-47H,13H2/p+1/t25-,28?,29-,30+,31+,32-,33?,34-,36-/m1/s1. The summed E-state index contributed by atoms with van der Waals surface area (Å²) in [4.78, 5) is 0. The molecule has 0 aromatic heterocycles. The zero-order valence-electron chi connectivity index (χ0n) is 26.4. The molecule has 0 saturated carbocycles. The van der Waals surface area contributed by atoms with Crippen molar-refractivity contribution in [2.45, 2.75) is 54.9 Å². The Hall–Kier alpha value is -5.42. The second-order valence-electron chi connectivity index (χ2n) is 12.6. The second kappa shape index (κ2) is 13.0. The molecular formula is C36H35O15+. The fourth-order valence-electron chi connectivity index (χ4n) is 6.77. The average molecular weight is 708 g/mol. The fraction of sp³-hybridized carbons (Fsp3) is 0.278. The molecule has 0 aliphatic carbocycles. The van der Waals surface area contributed by atoms with Crippen molar-refractivity contribution in [1.29, 1.82) is 0 Å². The highest BCUT2D eigenvalue weighted by molar-refractivity contribution is 5.74. The number of rotatable bonds is 6. The van der Waals surface area contributed by atoms with Crippen LogP contribution in [-0.4, -0.2) is 104 Å². The Kier molecular flexibility index (Phi) is 8.71. The summed E-state index contributed by atoms with van der Waals surface area (Å²) in [5.74, 6) is -3.43. The van der Waals surface area contributed by atoms with E-state index < -0.39 is 78.8 Å². The molecule has 51 heavy (non-hydrogen) atoms. The minimum atomic E-state index is -1.79. The summed E-state index contributed by atoms with van der Waals surface area (Å²) in [5, 5.41) is 117. The quantitative estimate of drug-likeness (QED) is 0.128. The maximum atomic E-state index is 12.0. The third kappa shape index (κ3) is 5.95. The predicted octanol–water partition coefficient (Wildman–Crippen LogP) is 1.70. The lowest BCUT2D eigenvalue weighted by molar-refractivity contribution is -0.295. The maximum absolute atomic E-state index is 12.0. The summed E-state index contributed by atoms with van der Waals surface area (Å²) in [6.45, 7) is -0.716. The van der Waals surface area contributed by atoms with Crippen LogP contribution in [0, 0.1) is 0 Å². The Bertz CT molecular complexity index is 1960. The number of phenolic OH excluding ortho intramolecular Hbond substituents is 6. The van der Waals surface area contributed by atoms with Crippen LogP contribution in [0.1, 0.15) is 45.9 Å². The van der Waals surface area contributed by atoms with Crippen LogP contribution in [-0.2, 0) is 9.47 Å². The molecule has 3 aliphatic rings. The topological polar surface area (TPSA) is 263 Å². The predicted molar refractivity (Wildman–Crippen MR) is 174 cm³/mol. The van der Waals surface area contributed by atoms with E-state index in [-0.39, 0.29) is 51.2 Å². The molecule has 4 aromatic carbocycles. The van der Waals surface area contributed by atoms with Crippen molar-refractivity contribution >= 4 is 6.08 Å². The van der Waals surface area contributed by atoms with Crippen LogP contribution in [0.3, 0.4) is 0 Å². The van der Waals surface area contributed by atoms with E-state index in [1.807, 2.05) is 0 Å². The van der Waals surface area contributed by atoms with Crippen molar-refractivity contribution in [3.05, 3.63) is 100 Å². The van der Waals surface area contributed by atoms with E-state index in [9.17, 15) is 56.2 Å². The third-order valence-corrected chi connectivity index (χ3v) is 9.31. The van der Waals surface area contributed by atoms with Crippen molar-refractivity contribution in [2.24, 2.45) is 0 Å². The molecule has 1 fully saturated rings. The Balaban J connectivity index is 1.40. The summed E-state index contributed by atoms with van der Waals surface area (Å²) in [6.07, 6.45) is -10.7. The van der Waals surface area contributed by atoms with Crippen molar-refractivity contribution < 1.29 is 75.1 Å². The summed E-state index contributed by atoms with van der Waals surface area (Å²) in [5.41, 5.74) is 0.696. The van der Waals surface area contributed by atoms with Gasteiger partial charge < -0.3 is 75.1 Å². The lowest BCUT2D eigenvalue weighted by Gasteiger charge is -2.41. The van der Waals surface area contributed by atoms with E-state index in [2.05, 4.69) is 0 Å². The summed E-state index contributed by atoms with van der Waals surface area (Å²) in [6, 6.07) is 14.8. The molecular weight excluding hydrogens is 672 g/mol.